The molecule has 0 saturated heterocycles. The summed E-state index contributed by atoms with van der Waals surface area (Å²) < 4.78 is 0. The van der Waals surface area contributed by atoms with Crippen LogP contribution >= 0.6 is 0 Å². The Morgan fingerprint density at radius 3 is 1.27 bits per heavy atom. The molecule has 1 unspecified atom stereocenters. The van der Waals surface area contributed by atoms with Crippen LogP contribution in [0, 0.1) is 29.6 Å². The quantitative estimate of drug-likeness (QED) is 0.0960. The number of hydrogen-bond acceptors (Lipinski definition) is 0. The van der Waals surface area contributed by atoms with Crippen LogP contribution in [0.15, 0.2) is 109 Å². The van der Waals surface area contributed by atoms with Gasteiger partial charge in [0.15, 0.2) is 0 Å². The zero-order valence-electron chi connectivity index (χ0n) is 31.4. The van der Waals surface area contributed by atoms with Crippen LogP contribution in [0.25, 0.3) is 21.5 Å². The molecule has 7 rings (SSSR count). The van der Waals surface area contributed by atoms with E-state index in [0.717, 1.165) is 40.0 Å². The molecule has 2 saturated carbocycles. The SMILES string of the molecule is C(#Cc1ccc2cc3cc(C#Cc4ccc(C5CCCCC5)cc4)ccc3cc2c1)c1ccc(C2CCCCC2)cc1.C=C(C)C(CC)CCC. The maximum Gasteiger partial charge on any atom is 0.0255 e. The second-order valence-electron chi connectivity index (χ2n) is 15.1. The van der Waals surface area contributed by atoms with Crippen LogP contribution in [0.3, 0.4) is 0 Å². The van der Waals surface area contributed by atoms with E-state index in [0.29, 0.717) is 0 Å². The van der Waals surface area contributed by atoms with E-state index < -0.39 is 0 Å². The first kappa shape index (κ1) is 36.3. The van der Waals surface area contributed by atoms with Crippen molar-refractivity contribution in [3.05, 3.63) is 143 Å². The van der Waals surface area contributed by atoms with E-state index in [1.165, 1.54) is 122 Å². The molecule has 0 spiro atoms. The highest BCUT2D eigenvalue weighted by molar-refractivity contribution is 5.99. The third-order valence-electron chi connectivity index (χ3n) is 11.3. The third kappa shape index (κ3) is 10.1. The van der Waals surface area contributed by atoms with Crippen molar-refractivity contribution >= 4 is 21.5 Å². The van der Waals surface area contributed by atoms with Crippen molar-refractivity contribution in [2.75, 3.05) is 0 Å². The second-order valence-corrected chi connectivity index (χ2v) is 15.1. The Morgan fingerprint density at radius 1 is 0.529 bits per heavy atom. The minimum Gasteiger partial charge on any atom is -0.0999 e. The van der Waals surface area contributed by atoms with Crippen molar-refractivity contribution in [1.29, 1.82) is 0 Å². The number of allylic oxidation sites excluding steroid dienone is 1. The zero-order valence-corrected chi connectivity index (χ0v) is 31.4. The molecule has 0 radical (unpaired) electrons. The normalized spacial score (nSPS) is 15.5. The Hall–Kier alpha value is -4.52. The smallest absolute Gasteiger partial charge is 0.0255 e. The highest BCUT2D eigenvalue weighted by Crippen LogP contribution is 2.34. The number of fused-ring (bicyclic) bond motifs is 2. The van der Waals surface area contributed by atoms with E-state index in [1.807, 2.05) is 0 Å². The monoisotopic (exact) mass is 668 g/mol. The predicted molar refractivity (Wildman–Crippen MR) is 221 cm³/mol. The summed E-state index contributed by atoms with van der Waals surface area (Å²) >= 11 is 0. The molecule has 2 aliphatic rings. The van der Waals surface area contributed by atoms with Crippen molar-refractivity contribution in [3.8, 4) is 23.7 Å². The van der Waals surface area contributed by atoms with Crippen LogP contribution in [0.4, 0.5) is 0 Å². The van der Waals surface area contributed by atoms with Gasteiger partial charge in [-0.15, -0.1) is 0 Å². The zero-order chi connectivity index (χ0) is 35.4. The summed E-state index contributed by atoms with van der Waals surface area (Å²) in [6.45, 7) is 10.5. The van der Waals surface area contributed by atoms with Gasteiger partial charge < -0.3 is 0 Å². The average Bonchev–Trinajstić information content (AvgIpc) is 3.18. The standard InChI is InChI=1S/C42H38.C9H18/c1-3-7-35(8-4-1)37-21-15-31(16-22-37)11-13-33-19-25-39-30-42-28-34(20-26-40(42)29-41(39)27-33)14-12-32-17-23-38(24-18-32)36-9-5-2-6-10-36;1-5-7-9(6-2)8(3)4/h15-30,35-36H,1-10H2;9H,3,5-7H2,1-2,4H3. The van der Waals surface area contributed by atoms with E-state index in [2.05, 4.69) is 148 Å². The summed E-state index contributed by atoms with van der Waals surface area (Å²) in [5.74, 6) is 15.8. The number of rotatable bonds is 6. The molecule has 5 aromatic rings. The Bertz CT molecular complexity index is 1880. The van der Waals surface area contributed by atoms with E-state index in [4.69, 9.17) is 0 Å². The van der Waals surface area contributed by atoms with Crippen LogP contribution in [0.5, 0.6) is 0 Å². The molecule has 0 aromatic heterocycles. The lowest BCUT2D eigenvalue weighted by atomic mass is 9.84. The highest BCUT2D eigenvalue weighted by atomic mass is 14.2. The van der Waals surface area contributed by atoms with Gasteiger partial charge >= 0.3 is 0 Å². The van der Waals surface area contributed by atoms with E-state index in [9.17, 15) is 0 Å². The molecule has 0 heteroatoms. The molecule has 1 atom stereocenters. The van der Waals surface area contributed by atoms with E-state index in [-0.39, 0.29) is 0 Å². The lowest BCUT2D eigenvalue weighted by Crippen LogP contribution is -2.04. The molecule has 2 fully saturated rings. The molecule has 0 N–H and O–H groups in total. The van der Waals surface area contributed by atoms with Gasteiger partial charge in [0.2, 0.25) is 0 Å². The van der Waals surface area contributed by atoms with E-state index in [1.54, 1.807) is 0 Å². The van der Waals surface area contributed by atoms with Crippen molar-refractivity contribution in [2.45, 2.75) is 116 Å². The lowest BCUT2D eigenvalue weighted by Gasteiger charge is -2.21. The maximum atomic E-state index is 3.94. The minimum absolute atomic E-state index is 0.738. The molecule has 2 aliphatic carbocycles. The van der Waals surface area contributed by atoms with Crippen LogP contribution < -0.4 is 0 Å². The molecular weight excluding hydrogens is 613 g/mol. The summed E-state index contributed by atoms with van der Waals surface area (Å²) in [4.78, 5) is 0. The topological polar surface area (TPSA) is 0 Å². The Balaban J connectivity index is 0.000000442. The Morgan fingerprint density at radius 2 is 0.922 bits per heavy atom. The fraction of sp³-hybridized carbons (Fsp3) is 0.373. The molecule has 5 aromatic carbocycles. The first-order chi connectivity index (χ1) is 25.0. The molecule has 0 nitrogen and oxygen atoms in total. The van der Waals surface area contributed by atoms with Gasteiger partial charge in [-0.3, -0.25) is 0 Å². The summed E-state index contributed by atoms with van der Waals surface area (Å²) in [6, 6.07) is 35.6. The maximum absolute atomic E-state index is 3.94. The molecule has 0 aliphatic heterocycles. The van der Waals surface area contributed by atoms with Gasteiger partial charge in [0, 0.05) is 22.3 Å². The van der Waals surface area contributed by atoms with Crippen molar-refractivity contribution < 1.29 is 0 Å². The third-order valence-corrected chi connectivity index (χ3v) is 11.3. The van der Waals surface area contributed by atoms with Crippen LogP contribution in [0.1, 0.15) is 149 Å². The van der Waals surface area contributed by atoms with Gasteiger partial charge in [0.1, 0.15) is 0 Å². The summed E-state index contributed by atoms with van der Waals surface area (Å²) in [6.07, 6.45) is 17.4. The Labute approximate surface area is 308 Å². The molecular formula is C51H56. The molecule has 51 heavy (non-hydrogen) atoms. The predicted octanol–water partition coefficient (Wildman–Crippen LogP) is 14.3. The van der Waals surface area contributed by atoms with Crippen LogP contribution in [-0.2, 0) is 0 Å². The first-order valence-electron chi connectivity index (χ1n) is 19.9. The van der Waals surface area contributed by atoms with Gasteiger partial charge in [-0.2, -0.15) is 0 Å². The largest absolute Gasteiger partial charge is 0.0999 e. The van der Waals surface area contributed by atoms with Crippen LogP contribution in [-0.4, -0.2) is 0 Å². The van der Waals surface area contributed by atoms with Gasteiger partial charge in [0.25, 0.3) is 0 Å². The fourth-order valence-electron chi connectivity index (χ4n) is 8.14. The highest BCUT2D eigenvalue weighted by Gasteiger charge is 2.16. The van der Waals surface area contributed by atoms with Crippen molar-refractivity contribution in [2.24, 2.45) is 5.92 Å². The van der Waals surface area contributed by atoms with Crippen LogP contribution in [0.2, 0.25) is 0 Å². The Kier molecular flexibility index (Phi) is 12.9. The molecule has 0 bridgehead atoms. The van der Waals surface area contributed by atoms with Gasteiger partial charge in [-0.25, -0.2) is 0 Å². The summed E-state index contributed by atoms with van der Waals surface area (Å²) in [5, 5.41) is 4.90. The van der Waals surface area contributed by atoms with Crippen molar-refractivity contribution in [3.63, 3.8) is 0 Å². The molecule has 0 heterocycles. The van der Waals surface area contributed by atoms with E-state index >= 15 is 0 Å². The summed E-state index contributed by atoms with van der Waals surface area (Å²) in [7, 11) is 0. The number of benzene rings is 5. The molecule has 0 amide bonds. The van der Waals surface area contributed by atoms with Gasteiger partial charge in [-0.05, 0) is 157 Å². The van der Waals surface area contributed by atoms with Crippen molar-refractivity contribution in [1.82, 2.24) is 0 Å². The summed E-state index contributed by atoms with van der Waals surface area (Å²) in [5.41, 5.74) is 8.58. The van der Waals surface area contributed by atoms with Gasteiger partial charge in [0.05, 0.1) is 0 Å². The molecule has 260 valence electrons. The van der Waals surface area contributed by atoms with Gasteiger partial charge in [-0.1, -0.05) is 131 Å². The first-order valence-corrected chi connectivity index (χ1v) is 19.9. The lowest BCUT2D eigenvalue weighted by molar-refractivity contribution is 0.443. The fourth-order valence-corrected chi connectivity index (χ4v) is 8.14. The number of hydrogen-bond donors (Lipinski definition) is 0. The average molecular weight is 669 g/mol. The minimum atomic E-state index is 0.738. The second kappa shape index (κ2) is 18.1.